The normalized spacial score (nSPS) is 11.6. The highest BCUT2D eigenvalue weighted by Gasteiger charge is 2.20. The molecule has 170 valence electrons. The standard InChI is InChI=1S/C20H18F3N3O5S/c1-30-16-7-11(6-13(21)18(16)31-2)9-26-10-12(4-5-17(26)27)14-8-15(19(22)23)25-20(24-14)32(3,28)29/h4-8,10,19H,9H2,1-3H3. The molecule has 3 aromatic rings. The predicted octanol–water partition coefficient (Wildman–Crippen LogP) is 2.85. The first kappa shape index (κ1) is 23.3. The van der Waals surface area contributed by atoms with E-state index in [4.69, 9.17) is 9.47 Å². The SMILES string of the molecule is COc1cc(Cn2cc(-c3cc(C(F)F)nc(S(C)(=O)=O)n3)ccc2=O)cc(F)c1OC. The number of hydrogen-bond donors (Lipinski definition) is 0. The molecule has 2 heterocycles. The Kier molecular flexibility index (Phi) is 6.53. The van der Waals surface area contributed by atoms with Gasteiger partial charge in [0.05, 0.1) is 26.5 Å². The summed E-state index contributed by atoms with van der Waals surface area (Å²) in [4.78, 5) is 19.6. The highest BCUT2D eigenvalue weighted by atomic mass is 32.2. The van der Waals surface area contributed by atoms with Crippen LogP contribution in [0.4, 0.5) is 13.2 Å². The molecule has 0 saturated heterocycles. The maximum absolute atomic E-state index is 14.3. The molecule has 0 radical (unpaired) electrons. The lowest BCUT2D eigenvalue weighted by atomic mass is 10.1. The number of halogens is 3. The summed E-state index contributed by atoms with van der Waals surface area (Å²) in [5.41, 5.74) is -0.777. The molecule has 0 unspecified atom stereocenters. The Balaban J connectivity index is 2.08. The van der Waals surface area contributed by atoms with Crippen LogP contribution in [0.3, 0.4) is 0 Å². The molecule has 3 rings (SSSR count). The van der Waals surface area contributed by atoms with Crippen LogP contribution in [0.2, 0.25) is 0 Å². The van der Waals surface area contributed by atoms with E-state index >= 15 is 0 Å². The van der Waals surface area contributed by atoms with Crippen molar-refractivity contribution in [3.8, 4) is 22.8 Å². The summed E-state index contributed by atoms with van der Waals surface area (Å²) >= 11 is 0. The Bertz CT molecular complexity index is 1330. The van der Waals surface area contributed by atoms with E-state index in [9.17, 15) is 26.4 Å². The van der Waals surface area contributed by atoms with Crippen LogP contribution in [0, 0.1) is 5.82 Å². The Morgan fingerprint density at radius 3 is 2.41 bits per heavy atom. The summed E-state index contributed by atoms with van der Waals surface area (Å²) in [6.07, 6.45) is -0.924. The maximum atomic E-state index is 14.3. The Morgan fingerprint density at radius 1 is 1.09 bits per heavy atom. The number of methoxy groups -OCH3 is 2. The fourth-order valence-corrected chi connectivity index (χ4v) is 3.47. The van der Waals surface area contributed by atoms with Gasteiger partial charge in [-0.3, -0.25) is 4.79 Å². The number of pyridine rings is 1. The van der Waals surface area contributed by atoms with E-state index in [1.54, 1.807) is 0 Å². The van der Waals surface area contributed by atoms with Gasteiger partial charge in [-0.25, -0.2) is 31.6 Å². The molecule has 12 heteroatoms. The van der Waals surface area contributed by atoms with Crippen molar-refractivity contribution < 1.29 is 31.1 Å². The van der Waals surface area contributed by atoms with E-state index in [-0.39, 0.29) is 29.3 Å². The third-order valence-corrected chi connectivity index (χ3v) is 5.25. The topological polar surface area (TPSA) is 100 Å². The van der Waals surface area contributed by atoms with Crippen molar-refractivity contribution in [1.29, 1.82) is 0 Å². The zero-order chi connectivity index (χ0) is 23.6. The van der Waals surface area contributed by atoms with Gasteiger partial charge >= 0.3 is 0 Å². The van der Waals surface area contributed by atoms with E-state index in [1.165, 1.54) is 43.2 Å². The summed E-state index contributed by atoms with van der Waals surface area (Å²) in [5.74, 6) is -0.658. The molecule has 0 aliphatic rings. The predicted molar refractivity (Wildman–Crippen MR) is 108 cm³/mol. The van der Waals surface area contributed by atoms with Crippen LogP contribution in [-0.4, -0.2) is 43.4 Å². The summed E-state index contributed by atoms with van der Waals surface area (Å²) in [7, 11) is -1.34. The molecule has 2 aromatic heterocycles. The average molecular weight is 469 g/mol. The highest BCUT2D eigenvalue weighted by Crippen LogP contribution is 2.31. The van der Waals surface area contributed by atoms with Crippen LogP contribution in [0.1, 0.15) is 17.7 Å². The van der Waals surface area contributed by atoms with Gasteiger partial charge in [0, 0.05) is 24.1 Å². The van der Waals surface area contributed by atoms with Crippen molar-refractivity contribution in [2.45, 2.75) is 18.1 Å². The van der Waals surface area contributed by atoms with Crippen LogP contribution in [-0.2, 0) is 16.4 Å². The zero-order valence-electron chi connectivity index (χ0n) is 17.2. The van der Waals surface area contributed by atoms with E-state index in [0.717, 1.165) is 18.4 Å². The van der Waals surface area contributed by atoms with Gasteiger partial charge in [0.25, 0.3) is 12.0 Å². The molecular formula is C20H18F3N3O5S. The van der Waals surface area contributed by atoms with E-state index < -0.39 is 38.5 Å². The number of benzene rings is 1. The lowest BCUT2D eigenvalue weighted by Gasteiger charge is -2.13. The summed E-state index contributed by atoms with van der Waals surface area (Å²) < 4.78 is 75.6. The first-order chi connectivity index (χ1) is 15.0. The maximum Gasteiger partial charge on any atom is 0.280 e. The number of ether oxygens (including phenoxy) is 2. The molecule has 0 saturated carbocycles. The Labute approximate surface area is 181 Å². The van der Waals surface area contributed by atoms with Crippen molar-refractivity contribution in [3.63, 3.8) is 0 Å². The van der Waals surface area contributed by atoms with Crippen LogP contribution < -0.4 is 15.0 Å². The van der Waals surface area contributed by atoms with Crippen molar-refractivity contribution in [3.05, 3.63) is 64.0 Å². The molecule has 0 fully saturated rings. The molecule has 32 heavy (non-hydrogen) atoms. The quantitative estimate of drug-likeness (QED) is 0.491. The van der Waals surface area contributed by atoms with Crippen LogP contribution >= 0.6 is 0 Å². The molecule has 0 amide bonds. The molecule has 0 aliphatic carbocycles. The lowest BCUT2D eigenvalue weighted by Crippen LogP contribution is -2.19. The van der Waals surface area contributed by atoms with E-state index in [1.807, 2.05) is 0 Å². The van der Waals surface area contributed by atoms with Gasteiger partial charge in [0.15, 0.2) is 17.3 Å². The highest BCUT2D eigenvalue weighted by molar-refractivity contribution is 7.90. The second kappa shape index (κ2) is 8.99. The number of hydrogen-bond acceptors (Lipinski definition) is 7. The van der Waals surface area contributed by atoms with Gasteiger partial charge in [-0.15, -0.1) is 0 Å². The van der Waals surface area contributed by atoms with Gasteiger partial charge in [-0.05, 0) is 29.8 Å². The van der Waals surface area contributed by atoms with E-state index in [2.05, 4.69) is 9.97 Å². The molecule has 0 spiro atoms. The minimum absolute atomic E-state index is 0.0876. The van der Waals surface area contributed by atoms with Crippen LogP contribution in [0.25, 0.3) is 11.3 Å². The smallest absolute Gasteiger partial charge is 0.280 e. The lowest BCUT2D eigenvalue weighted by molar-refractivity contribution is 0.145. The molecule has 1 aromatic carbocycles. The largest absolute Gasteiger partial charge is 0.493 e. The molecular weight excluding hydrogens is 451 g/mol. The van der Waals surface area contributed by atoms with Gasteiger partial charge in [-0.2, -0.15) is 0 Å². The fraction of sp³-hybridized carbons (Fsp3) is 0.250. The van der Waals surface area contributed by atoms with Crippen LogP contribution in [0.5, 0.6) is 11.5 Å². The third kappa shape index (κ3) is 4.90. The van der Waals surface area contributed by atoms with Crippen LogP contribution in [0.15, 0.2) is 46.5 Å². The first-order valence-corrected chi connectivity index (χ1v) is 10.9. The number of alkyl halides is 2. The van der Waals surface area contributed by atoms with Gasteiger partial charge < -0.3 is 14.0 Å². The number of sulfone groups is 1. The molecule has 0 bridgehead atoms. The Hall–Kier alpha value is -3.41. The monoisotopic (exact) mass is 469 g/mol. The fourth-order valence-electron chi connectivity index (χ4n) is 2.93. The molecule has 8 nitrogen and oxygen atoms in total. The Morgan fingerprint density at radius 2 is 1.81 bits per heavy atom. The van der Waals surface area contributed by atoms with Crippen molar-refractivity contribution in [2.24, 2.45) is 0 Å². The van der Waals surface area contributed by atoms with Crippen molar-refractivity contribution in [1.82, 2.24) is 14.5 Å². The molecule has 0 atom stereocenters. The van der Waals surface area contributed by atoms with Gasteiger partial charge in [0.2, 0.25) is 15.0 Å². The number of nitrogens with zero attached hydrogens (tertiary/aromatic N) is 3. The van der Waals surface area contributed by atoms with Crippen molar-refractivity contribution in [2.75, 3.05) is 20.5 Å². The molecule has 0 N–H and O–H groups in total. The second-order valence-electron chi connectivity index (χ2n) is 6.73. The minimum Gasteiger partial charge on any atom is -0.493 e. The second-order valence-corrected chi connectivity index (χ2v) is 8.64. The summed E-state index contributed by atoms with van der Waals surface area (Å²) in [6.45, 7) is -0.0876. The zero-order valence-corrected chi connectivity index (χ0v) is 18.0. The summed E-state index contributed by atoms with van der Waals surface area (Å²) in [6, 6.07) is 6.08. The first-order valence-electron chi connectivity index (χ1n) is 9.02. The van der Waals surface area contributed by atoms with E-state index in [0.29, 0.717) is 5.56 Å². The molecule has 0 aliphatic heterocycles. The number of rotatable bonds is 7. The minimum atomic E-state index is -3.97. The van der Waals surface area contributed by atoms with Gasteiger partial charge in [-0.1, -0.05) is 0 Å². The van der Waals surface area contributed by atoms with Gasteiger partial charge in [0.1, 0.15) is 5.69 Å². The third-order valence-electron chi connectivity index (χ3n) is 4.41. The number of aromatic nitrogens is 3. The van der Waals surface area contributed by atoms with Crippen molar-refractivity contribution >= 4 is 9.84 Å². The summed E-state index contributed by atoms with van der Waals surface area (Å²) in [5, 5.41) is -0.759. The average Bonchev–Trinajstić information content (AvgIpc) is 2.73.